The molecule has 0 saturated carbocycles. The Morgan fingerprint density at radius 2 is 1.65 bits per heavy atom. The van der Waals surface area contributed by atoms with Crippen molar-refractivity contribution >= 4 is 17.4 Å². The number of pyridine rings is 2. The van der Waals surface area contributed by atoms with E-state index in [0.29, 0.717) is 0 Å². The topological polar surface area (TPSA) is 56.7 Å². The molecule has 0 aliphatic rings. The van der Waals surface area contributed by atoms with E-state index in [1.165, 1.54) is 0 Å². The van der Waals surface area contributed by atoms with Crippen LogP contribution >= 0.6 is 11.8 Å². The molecule has 3 aromatic heterocycles. The van der Waals surface area contributed by atoms with Crippen LogP contribution in [0.5, 0.6) is 0 Å². The average molecular weight is 358 g/mol. The van der Waals surface area contributed by atoms with E-state index in [0.717, 1.165) is 37.9 Å². The maximum Gasteiger partial charge on any atom is 0.101 e. The number of aryl methyl sites for hydroxylation is 1. The van der Waals surface area contributed by atoms with E-state index < -0.39 is 0 Å². The summed E-state index contributed by atoms with van der Waals surface area (Å²) in [6.07, 6.45) is 9.46. The normalized spacial score (nSPS) is 10.8. The van der Waals surface area contributed by atoms with Crippen LogP contribution < -0.4 is 5.73 Å². The Labute approximate surface area is 156 Å². The smallest absolute Gasteiger partial charge is 0.101 e. The molecule has 4 aromatic rings. The van der Waals surface area contributed by atoms with Crippen molar-refractivity contribution in [3.63, 3.8) is 0 Å². The molecule has 0 radical (unpaired) electrons. The standard InChI is InChI=1S/C21H18N4S/c1-25-13-19(22)20(14-25)26-21-11-17(15-5-3-2-4-6-15)18(12-24-21)16-7-9-23-10-8-16/h2-14H,22H2,1H3. The number of rotatable bonds is 4. The van der Waals surface area contributed by atoms with Crippen LogP contribution in [0.2, 0.25) is 0 Å². The van der Waals surface area contributed by atoms with Gasteiger partial charge in [-0.05, 0) is 34.9 Å². The fourth-order valence-corrected chi connectivity index (χ4v) is 3.78. The first-order valence-electron chi connectivity index (χ1n) is 8.26. The van der Waals surface area contributed by atoms with Gasteiger partial charge < -0.3 is 10.3 Å². The minimum atomic E-state index is 0.763. The molecular formula is C21H18N4S. The molecule has 128 valence electrons. The van der Waals surface area contributed by atoms with Crippen molar-refractivity contribution in [2.75, 3.05) is 5.73 Å². The lowest BCUT2D eigenvalue weighted by Gasteiger charge is -2.11. The third-order valence-corrected chi connectivity index (χ3v) is 5.11. The van der Waals surface area contributed by atoms with Crippen molar-refractivity contribution in [3.05, 3.63) is 79.5 Å². The summed E-state index contributed by atoms with van der Waals surface area (Å²) >= 11 is 1.58. The van der Waals surface area contributed by atoms with Gasteiger partial charge in [-0.2, -0.15) is 0 Å². The Hall–Kier alpha value is -3.05. The van der Waals surface area contributed by atoms with Crippen LogP contribution in [0.15, 0.2) is 89.4 Å². The third-order valence-electron chi connectivity index (χ3n) is 4.12. The number of nitrogens with zero attached hydrogens (tertiary/aromatic N) is 3. The summed E-state index contributed by atoms with van der Waals surface area (Å²) in [5, 5.41) is 0.916. The van der Waals surface area contributed by atoms with Crippen molar-refractivity contribution < 1.29 is 0 Å². The summed E-state index contributed by atoms with van der Waals surface area (Å²) in [5.41, 5.74) is 11.3. The van der Waals surface area contributed by atoms with Crippen molar-refractivity contribution in [2.45, 2.75) is 9.92 Å². The molecule has 0 amide bonds. The molecular weight excluding hydrogens is 340 g/mol. The van der Waals surface area contributed by atoms with E-state index >= 15 is 0 Å². The van der Waals surface area contributed by atoms with Gasteiger partial charge in [0.05, 0.1) is 10.6 Å². The summed E-state index contributed by atoms with van der Waals surface area (Å²) in [4.78, 5) is 9.79. The Morgan fingerprint density at radius 1 is 0.923 bits per heavy atom. The number of nitrogen functional groups attached to an aromatic ring is 1. The molecule has 0 aliphatic carbocycles. The van der Waals surface area contributed by atoms with Crippen LogP contribution in [0.4, 0.5) is 5.69 Å². The van der Waals surface area contributed by atoms with Crippen LogP contribution in [0.3, 0.4) is 0 Å². The molecule has 0 bridgehead atoms. The quantitative estimate of drug-likeness (QED) is 0.565. The Kier molecular flexibility index (Phi) is 4.46. The lowest BCUT2D eigenvalue weighted by molar-refractivity contribution is 0.920. The van der Waals surface area contributed by atoms with Crippen molar-refractivity contribution in [3.8, 4) is 22.3 Å². The molecule has 4 rings (SSSR count). The second kappa shape index (κ2) is 7.06. The predicted molar refractivity (Wildman–Crippen MR) is 107 cm³/mol. The highest BCUT2D eigenvalue weighted by Gasteiger charge is 2.12. The lowest BCUT2D eigenvalue weighted by atomic mass is 9.97. The van der Waals surface area contributed by atoms with E-state index in [2.05, 4.69) is 28.2 Å². The highest BCUT2D eigenvalue weighted by atomic mass is 32.2. The van der Waals surface area contributed by atoms with E-state index in [4.69, 9.17) is 5.73 Å². The van der Waals surface area contributed by atoms with Gasteiger partial charge in [-0.3, -0.25) is 4.98 Å². The van der Waals surface area contributed by atoms with Gasteiger partial charge >= 0.3 is 0 Å². The largest absolute Gasteiger partial charge is 0.397 e. The Morgan fingerprint density at radius 3 is 2.35 bits per heavy atom. The van der Waals surface area contributed by atoms with Gasteiger partial charge in [0, 0.05) is 43.6 Å². The second-order valence-electron chi connectivity index (χ2n) is 6.02. The van der Waals surface area contributed by atoms with Gasteiger partial charge in [-0.25, -0.2) is 4.98 Å². The van der Waals surface area contributed by atoms with Crippen LogP contribution in [-0.4, -0.2) is 14.5 Å². The molecule has 1 aromatic carbocycles. The van der Waals surface area contributed by atoms with Gasteiger partial charge in [0.2, 0.25) is 0 Å². The van der Waals surface area contributed by atoms with Crippen LogP contribution in [-0.2, 0) is 7.05 Å². The number of benzene rings is 1. The summed E-state index contributed by atoms with van der Waals surface area (Å²) in [5.74, 6) is 0. The zero-order valence-corrected chi connectivity index (χ0v) is 15.1. The molecule has 0 saturated heterocycles. The number of aromatic nitrogens is 3. The molecule has 0 fully saturated rings. The zero-order chi connectivity index (χ0) is 17.9. The molecule has 2 N–H and O–H groups in total. The maximum absolute atomic E-state index is 6.08. The fourth-order valence-electron chi connectivity index (χ4n) is 2.89. The van der Waals surface area contributed by atoms with Crippen LogP contribution in [0, 0.1) is 0 Å². The molecule has 0 unspecified atom stereocenters. The van der Waals surface area contributed by atoms with Gasteiger partial charge in [-0.15, -0.1) is 0 Å². The average Bonchev–Trinajstić information content (AvgIpc) is 3.00. The lowest BCUT2D eigenvalue weighted by Crippen LogP contribution is -1.90. The summed E-state index contributed by atoms with van der Waals surface area (Å²) in [7, 11) is 1.97. The fraction of sp³-hybridized carbons (Fsp3) is 0.0476. The Balaban J connectivity index is 1.80. The highest BCUT2D eigenvalue weighted by molar-refractivity contribution is 7.99. The van der Waals surface area contributed by atoms with Crippen LogP contribution in [0.1, 0.15) is 0 Å². The highest BCUT2D eigenvalue weighted by Crippen LogP contribution is 2.37. The SMILES string of the molecule is Cn1cc(N)c(Sc2cc(-c3ccccc3)c(-c3ccncc3)cn2)c1. The minimum absolute atomic E-state index is 0.763. The number of hydrogen-bond acceptors (Lipinski definition) is 4. The summed E-state index contributed by atoms with van der Waals surface area (Å²) in [6.45, 7) is 0. The molecule has 5 heteroatoms. The molecule has 0 atom stereocenters. The van der Waals surface area contributed by atoms with Gasteiger partial charge in [0.15, 0.2) is 0 Å². The molecule has 4 nitrogen and oxygen atoms in total. The third kappa shape index (κ3) is 3.34. The summed E-state index contributed by atoms with van der Waals surface area (Å²) in [6, 6.07) is 16.5. The second-order valence-corrected chi connectivity index (χ2v) is 7.08. The molecule has 0 spiro atoms. The maximum atomic E-state index is 6.08. The first-order chi connectivity index (χ1) is 12.7. The van der Waals surface area contributed by atoms with Crippen molar-refractivity contribution in [2.24, 2.45) is 7.05 Å². The van der Waals surface area contributed by atoms with Crippen molar-refractivity contribution in [1.82, 2.24) is 14.5 Å². The number of hydrogen-bond donors (Lipinski definition) is 1. The molecule has 3 heterocycles. The van der Waals surface area contributed by atoms with E-state index in [1.807, 2.05) is 60.5 Å². The van der Waals surface area contributed by atoms with Crippen molar-refractivity contribution in [1.29, 1.82) is 0 Å². The first-order valence-corrected chi connectivity index (χ1v) is 9.07. The predicted octanol–water partition coefficient (Wildman–Crippen LogP) is 4.88. The minimum Gasteiger partial charge on any atom is -0.397 e. The number of anilines is 1. The van der Waals surface area contributed by atoms with Gasteiger partial charge in [0.25, 0.3) is 0 Å². The van der Waals surface area contributed by atoms with E-state index in [1.54, 1.807) is 24.2 Å². The molecule has 0 aliphatic heterocycles. The Bertz CT molecular complexity index is 1030. The zero-order valence-electron chi connectivity index (χ0n) is 14.3. The summed E-state index contributed by atoms with van der Waals surface area (Å²) < 4.78 is 1.96. The molecule has 26 heavy (non-hydrogen) atoms. The van der Waals surface area contributed by atoms with Gasteiger partial charge in [0.1, 0.15) is 5.03 Å². The van der Waals surface area contributed by atoms with Gasteiger partial charge in [-0.1, -0.05) is 42.1 Å². The number of nitrogens with two attached hydrogens (primary N) is 1. The van der Waals surface area contributed by atoms with Crippen LogP contribution in [0.25, 0.3) is 22.3 Å². The van der Waals surface area contributed by atoms with E-state index in [-0.39, 0.29) is 0 Å². The first kappa shape index (κ1) is 16.4. The van der Waals surface area contributed by atoms with E-state index in [9.17, 15) is 0 Å². The monoisotopic (exact) mass is 358 g/mol.